The summed E-state index contributed by atoms with van der Waals surface area (Å²) in [7, 11) is -1.78. The highest BCUT2D eigenvalue weighted by Gasteiger charge is 2.33. The summed E-state index contributed by atoms with van der Waals surface area (Å²) in [5.74, 6) is -1.14. The Morgan fingerprint density at radius 1 is 1.11 bits per heavy atom. The van der Waals surface area contributed by atoms with Crippen LogP contribution in [0.15, 0.2) is 29.2 Å². The van der Waals surface area contributed by atoms with E-state index in [1.807, 2.05) is 20.9 Å². The molecule has 2 unspecified atom stereocenters. The number of nitrogens with zero attached hydrogens (tertiary/aromatic N) is 2. The molecular weight excluding hydrogens is 532 g/mol. The molecule has 38 heavy (non-hydrogen) atoms. The van der Waals surface area contributed by atoms with Gasteiger partial charge in [-0.15, -0.1) is 11.3 Å². The number of benzene rings is 1. The van der Waals surface area contributed by atoms with Crippen LogP contribution in [0.4, 0.5) is 9.80 Å². The molecule has 3 heterocycles. The van der Waals surface area contributed by atoms with Crippen LogP contribution in [0.25, 0.3) is 0 Å². The maximum absolute atomic E-state index is 13.1. The van der Waals surface area contributed by atoms with E-state index in [9.17, 15) is 22.8 Å². The lowest BCUT2D eigenvalue weighted by Crippen LogP contribution is -2.48. The second-order valence-electron chi connectivity index (χ2n) is 9.43. The summed E-state index contributed by atoms with van der Waals surface area (Å²) in [5, 5.41) is 5.33. The Kier molecular flexibility index (Phi) is 8.52. The highest BCUT2D eigenvalue weighted by Crippen LogP contribution is 2.37. The number of anilines is 1. The minimum Gasteiger partial charge on any atom is -0.450 e. The first-order chi connectivity index (χ1) is 18.0. The molecule has 2 aliphatic rings. The molecule has 1 aromatic heterocycles. The van der Waals surface area contributed by atoms with Gasteiger partial charge in [0.05, 0.1) is 29.3 Å². The number of carbonyl (C=O) groups is 3. The van der Waals surface area contributed by atoms with Crippen LogP contribution in [0.2, 0.25) is 0 Å². The first-order valence-corrected chi connectivity index (χ1v) is 14.6. The van der Waals surface area contributed by atoms with Crippen molar-refractivity contribution in [3.8, 4) is 0 Å². The molecular formula is C25H32N4O7S2. The van der Waals surface area contributed by atoms with Crippen molar-refractivity contribution < 1.29 is 32.3 Å². The second-order valence-corrected chi connectivity index (χ2v) is 12.5. The highest BCUT2D eigenvalue weighted by molar-refractivity contribution is 7.89. The number of hydrogen-bond donors (Lipinski definition) is 2. The number of carbonyl (C=O) groups excluding carboxylic acids is 3. The smallest absolute Gasteiger partial charge is 0.414 e. The number of fused-ring (bicyclic) bond motifs is 1. The summed E-state index contributed by atoms with van der Waals surface area (Å²) in [6, 6.07) is 5.68. The zero-order valence-corrected chi connectivity index (χ0v) is 23.4. The lowest BCUT2D eigenvalue weighted by molar-refractivity contribution is -0.0440. The third kappa shape index (κ3) is 6.07. The Bertz CT molecular complexity index is 1310. The van der Waals surface area contributed by atoms with Gasteiger partial charge in [0.25, 0.3) is 11.8 Å². The fraction of sp³-hybridized carbons (Fsp3) is 0.480. The number of nitrogens with one attached hydrogen (secondary N) is 2. The van der Waals surface area contributed by atoms with E-state index < -0.39 is 27.9 Å². The maximum Gasteiger partial charge on any atom is 0.414 e. The van der Waals surface area contributed by atoms with Gasteiger partial charge in [-0.05, 0) is 64.1 Å². The standard InChI is InChI=1S/C25H32N4O7S2/c1-5-35-25(32)27-23(31)21-19-10-11-28(4)14-20(19)37-24(21)26-22(30)17-6-8-18(9-7-17)38(33,34)29-12-15(2)36-16(3)13-29/h6-9,15-16H,5,10-14H2,1-4H3,(H,26,30)(H,27,31,32). The number of alkyl carbamates (subject to hydrolysis) is 1. The molecule has 1 aromatic carbocycles. The fourth-order valence-electron chi connectivity index (χ4n) is 4.61. The van der Waals surface area contributed by atoms with Gasteiger partial charge in [0.15, 0.2) is 0 Å². The molecule has 2 N–H and O–H groups in total. The Labute approximate surface area is 226 Å². The zero-order chi connectivity index (χ0) is 27.6. The minimum absolute atomic E-state index is 0.0829. The number of likely N-dealkylation sites (N-methyl/N-ethyl adjacent to an activating group) is 1. The van der Waals surface area contributed by atoms with Crippen LogP contribution in [0, 0.1) is 0 Å². The molecule has 2 atom stereocenters. The van der Waals surface area contributed by atoms with E-state index in [4.69, 9.17) is 9.47 Å². The molecule has 1 fully saturated rings. The molecule has 206 valence electrons. The van der Waals surface area contributed by atoms with E-state index in [0.29, 0.717) is 18.0 Å². The Morgan fingerprint density at radius 2 is 1.76 bits per heavy atom. The van der Waals surface area contributed by atoms with Crippen LogP contribution in [-0.2, 0) is 32.5 Å². The first-order valence-electron chi connectivity index (χ1n) is 12.4. The normalized spacial score (nSPS) is 20.4. The number of ether oxygens (including phenoxy) is 2. The topological polar surface area (TPSA) is 134 Å². The van der Waals surface area contributed by atoms with Crippen LogP contribution in [0.3, 0.4) is 0 Å². The SMILES string of the molecule is CCOC(=O)NC(=O)c1c(NC(=O)c2ccc(S(=O)(=O)N3CC(C)OC(C)C3)cc2)sc2c1CCN(C)C2. The zero-order valence-electron chi connectivity index (χ0n) is 21.8. The molecule has 4 rings (SSSR count). The quantitative estimate of drug-likeness (QED) is 0.547. The summed E-state index contributed by atoms with van der Waals surface area (Å²) in [6.45, 7) is 7.25. The van der Waals surface area contributed by atoms with E-state index in [2.05, 4.69) is 15.5 Å². The number of sulfonamides is 1. The third-order valence-corrected chi connectivity index (χ3v) is 9.31. The number of amides is 3. The molecule has 13 heteroatoms. The third-order valence-electron chi connectivity index (χ3n) is 6.33. The number of imide groups is 1. The van der Waals surface area contributed by atoms with E-state index in [1.54, 1.807) is 6.92 Å². The molecule has 3 amide bonds. The summed E-state index contributed by atoms with van der Waals surface area (Å²) in [5.41, 5.74) is 1.27. The number of rotatable bonds is 6. The van der Waals surface area contributed by atoms with Gasteiger partial charge in [-0.2, -0.15) is 4.31 Å². The molecule has 1 saturated heterocycles. The van der Waals surface area contributed by atoms with Crippen molar-refractivity contribution in [3.63, 3.8) is 0 Å². The summed E-state index contributed by atoms with van der Waals surface area (Å²) in [6.07, 6.45) is -0.700. The predicted octanol–water partition coefficient (Wildman–Crippen LogP) is 2.67. The van der Waals surface area contributed by atoms with E-state index in [1.165, 1.54) is 39.9 Å². The minimum atomic E-state index is -3.75. The predicted molar refractivity (Wildman–Crippen MR) is 142 cm³/mol. The molecule has 0 aliphatic carbocycles. The van der Waals surface area contributed by atoms with E-state index in [0.717, 1.165) is 17.0 Å². The van der Waals surface area contributed by atoms with Gasteiger partial charge < -0.3 is 19.7 Å². The molecule has 0 saturated carbocycles. The lowest BCUT2D eigenvalue weighted by Gasteiger charge is -2.34. The van der Waals surface area contributed by atoms with Gasteiger partial charge in [-0.1, -0.05) is 0 Å². The van der Waals surface area contributed by atoms with Gasteiger partial charge in [-0.3, -0.25) is 14.9 Å². The van der Waals surface area contributed by atoms with Gasteiger partial charge in [-0.25, -0.2) is 13.2 Å². The molecule has 0 spiro atoms. The van der Waals surface area contributed by atoms with E-state index in [-0.39, 0.29) is 47.9 Å². The summed E-state index contributed by atoms with van der Waals surface area (Å²) >= 11 is 1.28. The molecule has 11 nitrogen and oxygen atoms in total. The summed E-state index contributed by atoms with van der Waals surface area (Å²) in [4.78, 5) is 41.1. The lowest BCUT2D eigenvalue weighted by atomic mass is 10.0. The van der Waals surface area contributed by atoms with Gasteiger partial charge in [0, 0.05) is 36.6 Å². The van der Waals surface area contributed by atoms with Crippen molar-refractivity contribution in [2.75, 3.05) is 38.6 Å². The highest BCUT2D eigenvalue weighted by atomic mass is 32.2. The molecule has 2 aromatic rings. The van der Waals surface area contributed by atoms with Crippen molar-refractivity contribution in [3.05, 3.63) is 45.8 Å². The average molecular weight is 565 g/mol. The Morgan fingerprint density at radius 3 is 2.39 bits per heavy atom. The van der Waals surface area contributed by atoms with E-state index >= 15 is 0 Å². The van der Waals surface area contributed by atoms with Crippen LogP contribution >= 0.6 is 11.3 Å². The Balaban J connectivity index is 1.55. The van der Waals surface area contributed by atoms with Crippen LogP contribution in [0.1, 0.15) is 51.9 Å². The first kappa shape index (κ1) is 28.2. The van der Waals surface area contributed by atoms with Crippen LogP contribution < -0.4 is 10.6 Å². The van der Waals surface area contributed by atoms with Crippen molar-refractivity contribution in [2.45, 2.75) is 50.8 Å². The van der Waals surface area contributed by atoms with Gasteiger partial charge in [0.1, 0.15) is 5.00 Å². The van der Waals surface area contributed by atoms with Gasteiger partial charge >= 0.3 is 6.09 Å². The molecule has 0 bridgehead atoms. The van der Waals surface area contributed by atoms with Crippen molar-refractivity contribution in [1.82, 2.24) is 14.5 Å². The molecule has 0 radical (unpaired) electrons. The van der Waals surface area contributed by atoms with Crippen LogP contribution in [-0.4, -0.2) is 81.0 Å². The number of morpholine rings is 1. The molecule has 2 aliphatic heterocycles. The average Bonchev–Trinajstić information content (AvgIpc) is 3.20. The van der Waals surface area contributed by atoms with Crippen molar-refractivity contribution in [1.29, 1.82) is 0 Å². The van der Waals surface area contributed by atoms with Gasteiger partial charge in [0.2, 0.25) is 10.0 Å². The maximum atomic E-state index is 13.1. The fourth-order valence-corrected chi connectivity index (χ4v) is 7.52. The monoisotopic (exact) mass is 564 g/mol. The Hall–Kier alpha value is -2.84. The van der Waals surface area contributed by atoms with Crippen molar-refractivity contribution in [2.24, 2.45) is 0 Å². The van der Waals surface area contributed by atoms with Crippen molar-refractivity contribution >= 4 is 44.3 Å². The second kappa shape index (κ2) is 11.5. The number of hydrogen-bond acceptors (Lipinski definition) is 9. The summed E-state index contributed by atoms with van der Waals surface area (Å²) < 4.78 is 38.1. The number of thiophene rings is 1. The van der Waals surface area contributed by atoms with Crippen LogP contribution in [0.5, 0.6) is 0 Å². The largest absolute Gasteiger partial charge is 0.450 e.